The van der Waals surface area contributed by atoms with Crippen LogP contribution in [-0.4, -0.2) is 0 Å². The maximum absolute atomic E-state index is 13.0. The van der Waals surface area contributed by atoms with Crippen molar-refractivity contribution in [3.63, 3.8) is 0 Å². The molecule has 0 spiro atoms. The Hall–Kier alpha value is -1.58. The van der Waals surface area contributed by atoms with Gasteiger partial charge in [0.25, 0.3) is 0 Å². The highest BCUT2D eigenvalue weighted by Crippen LogP contribution is 2.26. The Kier molecular flexibility index (Phi) is 1.91. The van der Waals surface area contributed by atoms with E-state index < -0.39 is 34.0 Å². The number of benzene rings is 2. The van der Waals surface area contributed by atoms with Crippen molar-refractivity contribution in [2.75, 3.05) is 0 Å². The van der Waals surface area contributed by atoms with Gasteiger partial charge in [0.05, 0.1) is 10.8 Å². The third-order valence-electron chi connectivity index (χ3n) is 1.96. The van der Waals surface area contributed by atoms with Crippen LogP contribution >= 0.6 is 0 Å². The first-order chi connectivity index (χ1) is 6.61. The van der Waals surface area contributed by atoms with Crippen LogP contribution in [0.2, 0.25) is 0 Å². The summed E-state index contributed by atoms with van der Waals surface area (Å²) < 4.78 is 52.1. The molecular formula is C10H4F4. The highest BCUT2D eigenvalue weighted by atomic mass is 19.1. The minimum Gasteiger partial charge on any atom is -0.206 e. The molecule has 4 heteroatoms. The van der Waals surface area contributed by atoms with Crippen molar-refractivity contribution >= 4 is 10.8 Å². The smallest absolute Gasteiger partial charge is 0.134 e. The third kappa shape index (κ3) is 1.14. The fourth-order valence-corrected chi connectivity index (χ4v) is 1.33. The van der Waals surface area contributed by atoms with Crippen LogP contribution in [0.15, 0.2) is 24.3 Å². The van der Waals surface area contributed by atoms with E-state index in [0.717, 1.165) is 24.3 Å². The van der Waals surface area contributed by atoms with Gasteiger partial charge in [-0.15, -0.1) is 0 Å². The van der Waals surface area contributed by atoms with Gasteiger partial charge in [0.1, 0.15) is 23.3 Å². The second-order valence-electron chi connectivity index (χ2n) is 2.81. The van der Waals surface area contributed by atoms with Crippen molar-refractivity contribution in [3.8, 4) is 0 Å². The molecule has 0 radical (unpaired) electrons. The van der Waals surface area contributed by atoms with Crippen molar-refractivity contribution in [1.29, 1.82) is 0 Å². The lowest BCUT2D eigenvalue weighted by Crippen LogP contribution is -1.91. The Morgan fingerprint density at radius 2 is 0.714 bits per heavy atom. The highest BCUT2D eigenvalue weighted by Gasteiger charge is 2.14. The molecule has 2 aromatic rings. The molecular weight excluding hydrogens is 196 g/mol. The summed E-state index contributed by atoms with van der Waals surface area (Å²) in [7, 11) is 0. The van der Waals surface area contributed by atoms with Gasteiger partial charge in [0.15, 0.2) is 0 Å². The first kappa shape index (κ1) is 8.99. The maximum atomic E-state index is 13.0. The van der Waals surface area contributed by atoms with Gasteiger partial charge >= 0.3 is 0 Å². The standard InChI is InChI=1S/C10H4F4/c11-5-1-2-6(12)10-8(14)4-3-7(13)9(5)10/h1-4H. The van der Waals surface area contributed by atoms with Crippen LogP contribution in [0.25, 0.3) is 10.8 Å². The van der Waals surface area contributed by atoms with Gasteiger partial charge in [0, 0.05) is 0 Å². The summed E-state index contributed by atoms with van der Waals surface area (Å²) in [6.07, 6.45) is 0. The van der Waals surface area contributed by atoms with Crippen LogP contribution in [0.5, 0.6) is 0 Å². The Balaban J connectivity index is 3.05. The lowest BCUT2D eigenvalue weighted by Gasteiger charge is -2.03. The molecule has 0 aliphatic carbocycles. The molecule has 0 saturated carbocycles. The summed E-state index contributed by atoms with van der Waals surface area (Å²) in [5.41, 5.74) is 0. The van der Waals surface area contributed by atoms with Gasteiger partial charge in [-0.3, -0.25) is 0 Å². The van der Waals surface area contributed by atoms with Gasteiger partial charge in [-0.2, -0.15) is 0 Å². The molecule has 0 unspecified atom stereocenters. The van der Waals surface area contributed by atoms with Gasteiger partial charge < -0.3 is 0 Å². The molecule has 0 amide bonds. The lowest BCUT2D eigenvalue weighted by molar-refractivity contribution is 0.578. The average Bonchev–Trinajstić information content (AvgIpc) is 2.16. The summed E-state index contributed by atoms with van der Waals surface area (Å²) in [6, 6.07) is 3.06. The Morgan fingerprint density at radius 3 is 0.929 bits per heavy atom. The number of hydrogen-bond acceptors (Lipinski definition) is 0. The zero-order chi connectivity index (χ0) is 10.3. The lowest BCUT2D eigenvalue weighted by atomic mass is 10.1. The molecule has 0 bridgehead atoms. The van der Waals surface area contributed by atoms with Crippen LogP contribution in [0, 0.1) is 23.3 Å². The van der Waals surface area contributed by atoms with Crippen LogP contribution in [0.1, 0.15) is 0 Å². The quantitative estimate of drug-likeness (QED) is 0.572. The minimum atomic E-state index is -0.974. The normalized spacial score (nSPS) is 10.9. The van der Waals surface area contributed by atoms with Crippen molar-refractivity contribution in [2.45, 2.75) is 0 Å². The molecule has 0 aromatic heterocycles. The van der Waals surface area contributed by atoms with Crippen LogP contribution in [0.3, 0.4) is 0 Å². The molecule has 0 atom stereocenters. The zero-order valence-corrected chi connectivity index (χ0v) is 6.82. The number of halogens is 4. The van der Waals surface area contributed by atoms with Crippen molar-refractivity contribution in [2.24, 2.45) is 0 Å². The van der Waals surface area contributed by atoms with Gasteiger partial charge in [0.2, 0.25) is 0 Å². The van der Waals surface area contributed by atoms with E-state index in [0.29, 0.717) is 0 Å². The Bertz CT molecular complexity index is 416. The number of hydrogen-bond donors (Lipinski definition) is 0. The summed E-state index contributed by atoms with van der Waals surface area (Å²) >= 11 is 0. The Morgan fingerprint density at radius 1 is 0.500 bits per heavy atom. The summed E-state index contributed by atoms with van der Waals surface area (Å²) in [5, 5.41) is -1.30. The fraction of sp³-hybridized carbons (Fsp3) is 0. The van der Waals surface area contributed by atoms with E-state index in [1.165, 1.54) is 0 Å². The third-order valence-corrected chi connectivity index (χ3v) is 1.96. The molecule has 2 aromatic carbocycles. The molecule has 14 heavy (non-hydrogen) atoms. The van der Waals surface area contributed by atoms with Crippen LogP contribution in [0.4, 0.5) is 17.6 Å². The van der Waals surface area contributed by atoms with E-state index >= 15 is 0 Å². The van der Waals surface area contributed by atoms with Crippen LogP contribution in [-0.2, 0) is 0 Å². The summed E-state index contributed by atoms with van der Waals surface area (Å²) in [4.78, 5) is 0. The molecule has 0 nitrogen and oxygen atoms in total. The second-order valence-corrected chi connectivity index (χ2v) is 2.81. The van der Waals surface area contributed by atoms with Crippen LogP contribution < -0.4 is 0 Å². The van der Waals surface area contributed by atoms with E-state index in [2.05, 4.69) is 0 Å². The van der Waals surface area contributed by atoms with Crippen molar-refractivity contribution < 1.29 is 17.6 Å². The monoisotopic (exact) mass is 200 g/mol. The molecule has 0 aliphatic heterocycles. The molecule has 72 valence electrons. The van der Waals surface area contributed by atoms with E-state index in [1.54, 1.807) is 0 Å². The van der Waals surface area contributed by atoms with E-state index in [4.69, 9.17) is 0 Å². The van der Waals surface area contributed by atoms with Crippen molar-refractivity contribution in [3.05, 3.63) is 47.5 Å². The van der Waals surface area contributed by atoms with E-state index in [9.17, 15) is 17.6 Å². The van der Waals surface area contributed by atoms with Gasteiger partial charge in [-0.05, 0) is 24.3 Å². The summed E-state index contributed by atoms with van der Waals surface area (Å²) in [6.45, 7) is 0. The molecule has 0 fully saturated rings. The predicted molar refractivity (Wildman–Crippen MR) is 43.8 cm³/mol. The predicted octanol–water partition coefficient (Wildman–Crippen LogP) is 3.40. The minimum absolute atomic E-state index is 0.648. The molecule has 0 saturated heterocycles. The number of fused-ring (bicyclic) bond motifs is 1. The first-order valence-corrected chi connectivity index (χ1v) is 3.83. The summed E-state index contributed by atoms with van der Waals surface area (Å²) in [5.74, 6) is -3.89. The highest BCUT2D eigenvalue weighted by molar-refractivity contribution is 5.84. The molecule has 0 aliphatic rings. The molecule has 2 rings (SSSR count). The zero-order valence-electron chi connectivity index (χ0n) is 6.82. The molecule has 0 heterocycles. The van der Waals surface area contributed by atoms with Gasteiger partial charge in [-0.25, -0.2) is 17.6 Å². The first-order valence-electron chi connectivity index (χ1n) is 3.83. The number of rotatable bonds is 0. The largest absolute Gasteiger partial charge is 0.206 e. The fourth-order valence-electron chi connectivity index (χ4n) is 1.33. The van der Waals surface area contributed by atoms with E-state index in [1.807, 2.05) is 0 Å². The average molecular weight is 200 g/mol. The maximum Gasteiger partial charge on any atom is 0.134 e. The van der Waals surface area contributed by atoms with Gasteiger partial charge in [-0.1, -0.05) is 0 Å². The van der Waals surface area contributed by atoms with E-state index in [-0.39, 0.29) is 0 Å². The SMILES string of the molecule is Fc1ccc(F)c2c(F)ccc(F)c12. The topological polar surface area (TPSA) is 0 Å². The van der Waals surface area contributed by atoms with Crippen molar-refractivity contribution in [1.82, 2.24) is 0 Å². The molecule has 0 N–H and O–H groups in total. The Labute approximate surface area is 76.8 Å². The second kappa shape index (κ2) is 2.97.